The third-order valence-electron chi connectivity index (χ3n) is 6.52. The topological polar surface area (TPSA) is 95.5 Å². The van der Waals surface area contributed by atoms with E-state index >= 15 is 0 Å². The molecule has 0 radical (unpaired) electrons. The van der Waals surface area contributed by atoms with Crippen molar-refractivity contribution in [1.29, 1.82) is 0 Å². The first-order chi connectivity index (χ1) is 20.0. The number of esters is 1. The molecule has 0 spiro atoms. The number of carbonyl (C=O) groups excluding carboxylic acids is 2. The van der Waals surface area contributed by atoms with Gasteiger partial charge in [-0.1, -0.05) is 60.7 Å². The second kappa shape index (κ2) is 12.2. The van der Waals surface area contributed by atoms with Crippen molar-refractivity contribution in [1.82, 2.24) is 5.43 Å². The van der Waals surface area contributed by atoms with Gasteiger partial charge in [-0.3, -0.25) is 4.79 Å². The van der Waals surface area contributed by atoms with Crippen LogP contribution in [0.15, 0.2) is 102 Å². The van der Waals surface area contributed by atoms with Crippen molar-refractivity contribution in [3.05, 3.63) is 108 Å². The van der Waals surface area contributed by atoms with E-state index in [1.807, 2.05) is 72.8 Å². The van der Waals surface area contributed by atoms with Gasteiger partial charge < -0.3 is 18.9 Å². The SMILES string of the molecule is COc1ccc(C(=O)Oc2ccc3ccccc3c2/C=N/NC(=O)C(C)Oc2ccc3ccccc3c2)cc1OC. The summed E-state index contributed by atoms with van der Waals surface area (Å²) in [5.41, 5.74) is 3.34. The van der Waals surface area contributed by atoms with Crippen LogP contribution in [0, 0.1) is 0 Å². The van der Waals surface area contributed by atoms with Gasteiger partial charge in [0.1, 0.15) is 11.5 Å². The fourth-order valence-electron chi connectivity index (χ4n) is 4.37. The molecular formula is C33H28N2O6. The zero-order chi connectivity index (χ0) is 28.8. The van der Waals surface area contributed by atoms with Gasteiger partial charge in [-0.25, -0.2) is 10.2 Å². The summed E-state index contributed by atoms with van der Waals surface area (Å²) in [6, 6.07) is 29.5. The number of nitrogens with one attached hydrogen (secondary N) is 1. The van der Waals surface area contributed by atoms with Gasteiger partial charge in [0, 0.05) is 5.56 Å². The molecule has 0 aliphatic rings. The van der Waals surface area contributed by atoms with Gasteiger partial charge in [0.05, 0.1) is 26.0 Å². The molecule has 41 heavy (non-hydrogen) atoms. The normalized spacial score (nSPS) is 11.8. The number of ether oxygens (including phenoxy) is 4. The van der Waals surface area contributed by atoms with Crippen LogP contribution in [0.5, 0.6) is 23.0 Å². The van der Waals surface area contributed by atoms with Gasteiger partial charge in [-0.2, -0.15) is 5.10 Å². The fraction of sp³-hybridized carbons (Fsp3) is 0.121. The van der Waals surface area contributed by atoms with Crippen LogP contribution in [0.25, 0.3) is 21.5 Å². The number of amides is 1. The van der Waals surface area contributed by atoms with E-state index in [1.54, 1.807) is 31.2 Å². The van der Waals surface area contributed by atoms with E-state index in [0.29, 0.717) is 22.8 Å². The summed E-state index contributed by atoms with van der Waals surface area (Å²) < 4.78 is 22.2. The molecule has 0 fully saturated rings. The molecule has 0 bridgehead atoms. The zero-order valence-electron chi connectivity index (χ0n) is 22.8. The van der Waals surface area contributed by atoms with Crippen molar-refractivity contribution in [2.24, 2.45) is 5.10 Å². The summed E-state index contributed by atoms with van der Waals surface area (Å²) in [6.07, 6.45) is 0.656. The molecule has 5 rings (SSSR count). The molecule has 0 aromatic heterocycles. The lowest BCUT2D eigenvalue weighted by Crippen LogP contribution is -2.33. The Balaban J connectivity index is 1.33. The highest BCUT2D eigenvalue weighted by atomic mass is 16.5. The first-order valence-corrected chi connectivity index (χ1v) is 12.9. The molecule has 5 aromatic rings. The molecule has 8 heteroatoms. The minimum Gasteiger partial charge on any atom is -0.493 e. The van der Waals surface area contributed by atoms with Gasteiger partial charge in [-0.15, -0.1) is 0 Å². The van der Waals surface area contributed by atoms with E-state index in [9.17, 15) is 9.59 Å². The van der Waals surface area contributed by atoms with Crippen LogP contribution in [0.2, 0.25) is 0 Å². The van der Waals surface area contributed by atoms with Gasteiger partial charge in [0.15, 0.2) is 17.6 Å². The molecule has 0 saturated heterocycles. The third kappa shape index (κ3) is 6.12. The van der Waals surface area contributed by atoms with Gasteiger partial charge in [-0.05, 0) is 64.9 Å². The Kier molecular flexibility index (Phi) is 8.10. The highest BCUT2D eigenvalue weighted by molar-refractivity contribution is 6.04. The second-order valence-corrected chi connectivity index (χ2v) is 9.16. The van der Waals surface area contributed by atoms with Crippen LogP contribution in [-0.4, -0.2) is 38.4 Å². The van der Waals surface area contributed by atoms with E-state index in [0.717, 1.165) is 21.5 Å². The molecule has 1 amide bonds. The highest BCUT2D eigenvalue weighted by Crippen LogP contribution is 2.30. The number of carbonyl (C=O) groups is 2. The minimum absolute atomic E-state index is 0.280. The number of hydrogen-bond donors (Lipinski definition) is 1. The fourth-order valence-corrected chi connectivity index (χ4v) is 4.37. The highest BCUT2D eigenvalue weighted by Gasteiger charge is 2.17. The van der Waals surface area contributed by atoms with Gasteiger partial charge in [0.25, 0.3) is 5.91 Å². The van der Waals surface area contributed by atoms with Crippen LogP contribution in [0.4, 0.5) is 0 Å². The summed E-state index contributed by atoms with van der Waals surface area (Å²) in [5, 5.41) is 7.97. The Morgan fingerprint density at radius 1 is 0.756 bits per heavy atom. The van der Waals surface area contributed by atoms with Crippen LogP contribution >= 0.6 is 0 Å². The number of methoxy groups -OCH3 is 2. The van der Waals surface area contributed by atoms with Crippen LogP contribution < -0.4 is 24.4 Å². The lowest BCUT2D eigenvalue weighted by molar-refractivity contribution is -0.127. The maximum Gasteiger partial charge on any atom is 0.343 e. The Morgan fingerprint density at radius 3 is 2.22 bits per heavy atom. The molecule has 1 atom stereocenters. The molecule has 0 saturated carbocycles. The van der Waals surface area contributed by atoms with Crippen molar-refractivity contribution in [2.45, 2.75) is 13.0 Å². The molecule has 0 aliphatic carbocycles. The summed E-state index contributed by atoms with van der Waals surface area (Å²) in [7, 11) is 3.01. The second-order valence-electron chi connectivity index (χ2n) is 9.16. The lowest BCUT2D eigenvalue weighted by atomic mass is 10.0. The first kappa shape index (κ1) is 27.2. The molecule has 206 valence electrons. The summed E-state index contributed by atoms with van der Waals surface area (Å²) in [6.45, 7) is 1.65. The van der Waals surface area contributed by atoms with E-state index in [4.69, 9.17) is 18.9 Å². The lowest BCUT2D eigenvalue weighted by Gasteiger charge is -2.14. The number of hydrogen-bond acceptors (Lipinski definition) is 7. The largest absolute Gasteiger partial charge is 0.493 e. The Labute approximate surface area is 237 Å². The Morgan fingerprint density at radius 2 is 1.44 bits per heavy atom. The van der Waals surface area contributed by atoms with E-state index in [1.165, 1.54) is 20.4 Å². The summed E-state index contributed by atoms with van der Waals surface area (Å²) in [4.78, 5) is 25.8. The molecule has 0 aliphatic heterocycles. The molecule has 1 unspecified atom stereocenters. The number of rotatable bonds is 9. The first-order valence-electron chi connectivity index (χ1n) is 12.9. The number of hydrazone groups is 1. The van der Waals surface area contributed by atoms with Gasteiger partial charge >= 0.3 is 5.97 Å². The Bertz CT molecular complexity index is 1760. The van der Waals surface area contributed by atoms with E-state index in [2.05, 4.69) is 10.5 Å². The molecule has 8 nitrogen and oxygen atoms in total. The van der Waals surface area contributed by atoms with Crippen LogP contribution in [0.1, 0.15) is 22.8 Å². The quantitative estimate of drug-likeness (QED) is 0.103. The van der Waals surface area contributed by atoms with Gasteiger partial charge in [0.2, 0.25) is 0 Å². The van der Waals surface area contributed by atoms with Crippen LogP contribution in [-0.2, 0) is 4.79 Å². The summed E-state index contributed by atoms with van der Waals surface area (Å²) >= 11 is 0. The van der Waals surface area contributed by atoms with Crippen molar-refractivity contribution in [3.8, 4) is 23.0 Å². The van der Waals surface area contributed by atoms with Crippen molar-refractivity contribution in [2.75, 3.05) is 14.2 Å². The predicted octanol–water partition coefficient (Wildman–Crippen LogP) is 6.15. The predicted molar refractivity (Wildman–Crippen MR) is 158 cm³/mol. The molecule has 1 N–H and O–H groups in total. The molecular weight excluding hydrogens is 520 g/mol. The number of nitrogens with zero attached hydrogens (tertiary/aromatic N) is 1. The van der Waals surface area contributed by atoms with Crippen molar-refractivity contribution >= 4 is 39.6 Å². The van der Waals surface area contributed by atoms with Crippen LogP contribution in [0.3, 0.4) is 0 Å². The molecule has 5 aromatic carbocycles. The smallest absolute Gasteiger partial charge is 0.343 e. The van der Waals surface area contributed by atoms with Crippen molar-refractivity contribution < 1.29 is 28.5 Å². The van der Waals surface area contributed by atoms with E-state index < -0.39 is 18.0 Å². The summed E-state index contributed by atoms with van der Waals surface area (Å²) in [5.74, 6) is 0.744. The minimum atomic E-state index is -0.803. The monoisotopic (exact) mass is 548 g/mol. The third-order valence-corrected chi connectivity index (χ3v) is 6.52. The zero-order valence-corrected chi connectivity index (χ0v) is 22.8. The van der Waals surface area contributed by atoms with E-state index in [-0.39, 0.29) is 11.3 Å². The average Bonchev–Trinajstić information content (AvgIpc) is 3.01. The standard InChI is InChI=1S/C33H28N2O6/c1-21(40-26-15-12-22-8-4-5-10-24(22)18-26)32(36)35-34-20-28-27-11-7-6-9-23(27)13-16-29(28)41-33(37)25-14-17-30(38-2)31(19-25)39-3/h4-21H,1-3H3,(H,35,36)/b34-20+. The number of fused-ring (bicyclic) bond motifs is 2. The maximum atomic E-state index is 13.0. The Hall–Kier alpha value is -5.37. The molecule has 0 heterocycles. The number of benzene rings is 5. The maximum absolute atomic E-state index is 13.0. The van der Waals surface area contributed by atoms with Crippen molar-refractivity contribution in [3.63, 3.8) is 0 Å². The average molecular weight is 549 g/mol.